The highest BCUT2D eigenvalue weighted by Crippen LogP contribution is 2.24. The lowest BCUT2D eigenvalue weighted by atomic mass is 10.1. The lowest BCUT2D eigenvalue weighted by molar-refractivity contribution is 0.0660. The Labute approximate surface area is 202 Å². The fraction of sp³-hybridized carbons (Fsp3) is 0.435. The van der Waals surface area contributed by atoms with Crippen LogP contribution in [0.3, 0.4) is 0 Å². The molecule has 1 saturated heterocycles. The third-order valence-electron chi connectivity index (χ3n) is 5.56. The van der Waals surface area contributed by atoms with Crippen molar-refractivity contribution in [3.63, 3.8) is 0 Å². The molecule has 2 aromatic heterocycles. The third kappa shape index (κ3) is 6.03. The van der Waals surface area contributed by atoms with Crippen LogP contribution in [0.5, 0.6) is 0 Å². The second-order valence-electron chi connectivity index (χ2n) is 7.96. The summed E-state index contributed by atoms with van der Waals surface area (Å²) in [5.41, 5.74) is 7.72. The summed E-state index contributed by atoms with van der Waals surface area (Å²) >= 11 is 1.75. The summed E-state index contributed by atoms with van der Waals surface area (Å²) in [4.78, 5) is 34.9. The van der Waals surface area contributed by atoms with Gasteiger partial charge >= 0.3 is 0 Å². The van der Waals surface area contributed by atoms with Crippen molar-refractivity contribution < 1.29 is 14.3 Å². The Morgan fingerprint density at radius 2 is 1.97 bits per heavy atom. The molecule has 2 aromatic rings. The van der Waals surface area contributed by atoms with Gasteiger partial charge in [0.05, 0.1) is 17.4 Å². The Morgan fingerprint density at radius 1 is 1.15 bits per heavy atom. The predicted molar refractivity (Wildman–Crippen MR) is 133 cm³/mol. The van der Waals surface area contributed by atoms with Gasteiger partial charge in [-0.25, -0.2) is 4.98 Å². The van der Waals surface area contributed by atoms with Gasteiger partial charge in [0.25, 0.3) is 11.8 Å². The molecule has 34 heavy (non-hydrogen) atoms. The minimum Gasteiger partial charge on any atom is -0.404 e. The number of nitrogens with two attached hydrogens (primary N) is 1. The molecule has 10 nitrogen and oxygen atoms in total. The maximum atomic E-state index is 13.1. The Bertz CT molecular complexity index is 1080. The number of pyridine rings is 1. The molecule has 0 saturated carbocycles. The number of hydrogen-bond acceptors (Lipinski definition) is 8. The molecule has 0 aromatic carbocycles. The molecule has 0 spiro atoms. The maximum Gasteiger partial charge on any atom is 0.274 e. The lowest BCUT2D eigenvalue weighted by Crippen LogP contribution is -2.28. The number of fused-ring (bicyclic) bond motifs is 3. The predicted octanol–water partition coefficient (Wildman–Crippen LogP) is 2.12. The highest BCUT2D eigenvalue weighted by molar-refractivity contribution is 7.99. The van der Waals surface area contributed by atoms with Crippen LogP contribution in [0.4, 0.5) is 5.69 Å². The molecule has 4 N–H and O–H groups in total. The molecule has 0 aliphatic carbocycles. The zero-order chi connectivity index (χ0) is 23.8. The summed E-state index contributed by atoms with van der Waals surface area (Å²) in [7, 11) is 0. The van der Waals surface area contributed by atoms with Crippen LogP contribution in [0, 0.1) is 0 Å². The van der Waals surface area contributed by atoms with Gasteiger partial charge in [-0.05, 0) is 37.1 Å². The van der Waals surface area contributed by atoms with Crippen molar-refractivity contribution in [3.05, 3.63) is 47.7 Å². The van der Waals surface area contributed by atoms with E-state index in [-0.39, 0.29) is 23.3 Å². The minimum absolute atomic E-state index is 0.112. The second-order valence-corrected chi connectivity index (χ2v) is 9.18. The molecule has 2 bridgehead atoms. The van der Waals surface area contributed by atoms with E-state index in [0.29, 0.717) is 43.3 Å². The molecule has 0 unspecified atom stereocenters. The van der Waals surface area contributed by atoms with E-state index in [1.807, 2.05) is 0 Å². The number of aliphatic imine (C=N–C) groups is 1. The number of amides is 2. The normalized spacial score (nSPS) is 20.2. The number of nitrogens with one attached hydrogen (secondary N) is 2. The highest BCUT2D eigenvalue weighted by atomic mass is 32.2. The van der Waals surface area contributed by atoms with Gasteiger partial charge in [-0.15, -0.1) is 0 Å². The largest absolute Gasteiger partial charge is 0.404 e. The van der Waals surface area contributed by atoms with Crippen LogP contribution >= 0.6 is 11.8 Å². The van der Waals surface area contributed by atoms with E-state index >= 15 is 0 Å². The first kappa shape index (κ1) is 24.0. The Hall–Kier alpha value is -3.18. The number of allylic oxidation sites excluding steroid dienone is 1. The summed E-state index contributed by atoms with van der Waals surface area (Å²) in [6.07, 6.45) is 7.34. The van der Waals surface area contributed by atoms with Crippen LogP contribution in [0.2, 0.25) is 0 Å². The van der Waals surface area contributed by atoms with Gasteiger partial charge < -0.3 is 21.1 Å². The molecule has 0 radical (unpaired) electrons. The number of anilines is 1. The Kier molecular flexibility index (Phi) is 8.31. The molecular formula is C23H29N7O3S. The Balaban J connectivity index is 1.65. The topological polar surface area (TPSA) is 137 Å². The van der Waals surface area contributed by atoms with Crippen LogP contribution in [0.15, 0.2) is 35.6 Å². The van der Waals surface area contributed by atoms with E-state index in [2.05, 4.69) is 25.7 Å². The molecule has 1 fully saturated rings. The number of ether oxygens (including phenoxy) is 1. The molecule has 11 heteroatoms. The molecule has 4 rings (SSSR count). The number of carbonyl (C=O) groups is 2. The van der Waals surface area contributed by atoms with Crippen LogP contribution in [0.25, 0.3) is 5.57 Å². The van der Waals surface area contributed by atoms with Crippen molar-refractivity contribution in [2.75, 3.05) is 43.1 Å². The van der Waals surface area contributed by atoms with E-state index in [0.717, 1.165) is 30.8 Å². The number of carbonyl (C=O) groups excluding carboxylic acids is 2. The van der Waals surface area contributed by atoms with Gasteiger partial charge in [0, 0.05) is 56.2 Å². The Morgan fingerprint density at radius 3 is 2.79 bits per heavy atom. The number of rotatable bonds is 1. The first-order valence-corrected chi connectivity index (χ1v) is 12.5. The molecule has 0 atom stereocenters. The zero-order valence-corrected chi connectivity index (χ0v) is 19.7. The first-order valence-electron chi connectivity index (χ1n) is 11.4. The fourth-order valence-electron chi connectivity index (χ4n) is 3.73. The van der Waals surface area contributed by atoms with E-state index in [1.54, 1.807) is 47.1 Å². The zero-order valence-electron chi connectivity index (χ0n) is 18.9. The van der Waals surface area contributed by atoms with Crippen LogP contribution in [-0.4, -0.2) is 70.6 Å². The third-order valence-corrected chi connectivity index (χ3v) is 6.63. The first-order chi connectivity index (χ1) is 16.7. The van der Waals surface area contributed by atoms with Crippen LogP contribution in [-0.2, 0) is 4.74 Å². The van der Waals surface area contributed by atoms with Crippen LogP contribution in [0.1, 0.15) is 52.0 Å². The van der Waals surface area contributed by atoms with Crippen molar-refractivity contribution in [2.24, 2.45) is 10.7 Å². The fourth-order valence-corrected chi connectivity index (χ4v) is 4.52. The SMILES string of the molecule is NC=C1C=NCCCSCCNC(=O)c2nn(C3CCOCC3)cc2NC(=O)c2cccc1n2. The molecule has 180 valence electrons. The second kappa shape index (κ2) is 11.8. The summed E-state index contributed by atoms with van der Waals surface area (Å²) in [6.45, 7) is 2.45. The van der Waals surface area contributed by atoms with Gasteiger partial charge in [-0.1, -0.05) is 6.07 Å². The molecule has 4 heterocycles. The smallest absolute Gasteiger partial charge is 0.274 e. The van der Waals surface area contributed by atoms with Gasteiger partial charge in [-0.3, -0.25) is 19.3 Å². The van der Waals surface area contributed by atoms with E-state index in [1.165, 1.54) is 6.20 Å². The average molecular weight is 484 g/mol. The molecular weight excluding hydrogens is 454 g/mol. The van der Waals surface area contributed by atoms with E-state index < -0.39 is 5.91 Å². The standard InChI is InChI=1S/C23H29N7O3S/c24-13-16-14-25-7-2-11-34-12-8-26-23(32)21-20(15-30(29-21)17-5-9-33-10-6-17)28-22(31)19-4-1-3-18(16)27-19/h1,3-4,13-15,17H,2,5-12,24H2,(H,26,32)(H,28,31). The van der Waals surface area contributed by atoms with Gasteiger partial charge in [-0.2, -0.15) is 16.9 Å². The van der Waals surface area contributed by atoms with E-state index in [9.17, 15) is 9.59 Å². The van der Waals surface area contributed by atoms with Crippen molar-refractivity contribution in [1.82, 2.24) is 20.1 Å². The number of thioether (sulfide) groups is 1. The summed E-state index contributed by atoms with van der Waals surface area (Å²) in [5, 5.41) is 10.3. The highest BCUT2D eigenvalue weighted by Gasteiger charge is 2.24. The number of nitrogens with zero attached hydrogens (tertiary/aromatic N) is 4. The summed E-state index contributed by atoms with van der Waals surface area (Å²) < 4.78 is 7.21. The minimum atomic E-state index is -0.438. The van der Waals surface area contributed by atoms with Crippen molar-refractivity contribution in [2.45, 2.75) is 25.3 Å². The quantitative estimate of drug-likeness (QED) is 0.565. The molecule has 2 aliphatic heterocycles. The van der Waals surface area contributed by atoms with Crippen LogP contribution < -0.4 is 16.4 Å². The van der Waals surface area contributed by atoms with Crippen molar-refractivity contribution in [3.8, 4) is 0 Å². The van der Waals surface area contributed by atoms with Crippen molar-refractivity contribution >= 4 is 41.1 Å². The van der Waals surface area contributed by atoms with Gasteiger partial charge in [0.1, 0.15) is 5.69 Å². The maximum absolute atomic E-state index is 13.1. The summed E-state index contributed by atoms with van der Waals surface area (Å²) in [5.74, 6) is 0.956. The number of aromatic nitrogens is 3. The monoisotopic (exact) mass is 483 g/mol. The van der Waals surface area contributed by atoms with Crippen molar-refractivity contribution in [1.29, 1.82) is 0 Å². The van der Waals surface area contributed by atoms with Gasteiger partial charge in [0.15, 0.2) is 5.69 Å². The number of hydrogen-bond donors (Lipinski definition) is 3. The lowest BCUT2D eigenvalue weighted by Gasteiger charge is -2.22. The van der Waals surface area contributed by atoms with E-state index in [4.69, 9.17) is 10.5 Å². The molecule has 2 amide bonds. The average Bonchev–Trinajstić information content (AvgIpc) is 3.29. The summed E-state index contributed by atoms with van der Waals surface area (Å²) in [6, 6.07) is 5.24. The van der Waals surface area contributed by atoms with Gasteiger partial charge in [0.2, 0.25) is 0 Å². The molecule has 2 aliphatic rings.